The maximum absolute atomic E-state index is 9.89. The van der Waals surface area contributed by atoms with E-state index in [1.807, 2.05) is 0 Å². The van der Waals surface area contributed by atoms with Gasteiger partial charge in [0.25, 0.3) is 0 Å². The number of piperidine rings is 1. The fourth-order valence-electron chi connectivity index (χ4n) is 2.27. The molecular weight excluding hydrogens is 314 g/mol. The van der Waals surface area contributed by atoms with Gasteiger partial charge in [-0.25, -0.2) is 0 Å². The standard InChI is InChI=1S/C13H27NO7S/c1-6(4-15)9(17)11(19)12(20)13(21)22-5-7-2-14-3-8(16)10(7)18/h6-21H,2-5H2,1H3. The Morgan fingerprint density at radius 2 is 1.68 bits per heavy atom. The Morgan fingerprint density at radius 3 is 2.27 bits per heavy atom. The average Bonchev–Trinajstić information content (AvgIpc) is 2.52. The minimum atomic E-state index is -1.59. The summed E-state index contributed by atoms with van der Waals surface area (Å²) in [6.45, 7) is 1.93. The second-order valence-corrected chi connectivity index (χ2v) is 6.98. The van der Waals surface area contributed by atoms with Crippen LogP contribution in [0.2, 0.25) is 0 Å². The number of rotatable bonds is 8. The van der Waals surface area contributed by atoms with E-state index in [1.165, 1.54) is 6.92 Å². The molecule has 0 aliphatic carbocycles. The molecule has 1 heterocycles. The van der Waals surface area contributed by atoms with E-state index in [-0.39, 0.29) is 18.3 Å². The first-order valence-electron chi connectivity index (χ1n) is 7.31. The molecule has 8 atom stereocenters. The van der Waals surface area contributed by atoms with Gasteiger partial charge in [-0.05, 0) is 0 Å². The van der Waals surface area contributed by atoms with E-state index in [0.717, 1.165) is 11.8 Å². The Morgan fingerprint density at radius 1 is 1.05 bits per heavy atom. The lowest BCUT2D eigenvalue weighted by molar-refractivity contribution is -0.104. The topological polar surface area (TPSA) is 154 Å². The van der Waals surface area contributed by atoms with Crippen LogP contribution in [-0.4, -0.2) is 97.2 Å². The summed E-state index contributed by atoms with van der Waals surface area (Å²) in [5, 5.41) is 70.5. The van der Waals surface area contributed by atoms with Crippen LogP contribution in [0, 0.1) is 11.8 Å². The van der Waals surface area contributed by atoms with Crippen LogP contribution in [0.1, 0.15) is 6.92 Å². The van der Waals surface area contributed by atoms with E-state index in [0.29, 0.717) is 13.1 Å². The van der Waals surface area contributed by atoms with Crippen molar-refractivity contribution in [3.63, 3.8) is 0 Å². The van der Waals surface area contributed by atoms with Crippen LogP contribution in [0.25, 0.3) is 0 Å². The summed E-state index contributed by atoms with van der Waals surface area (Å²) >= 11 is 0.923. The smallest absolute Gasteiger partial charge is 0.128 e. The number of aliphatic hydroxyl groups excluding tert-OH is 7. The van der Waals surface area contributed by atoms with Gasteiger partial charge in [0.2, 0.25) is 0 Å². The van der Waals surface area contributed by atoms with E-state index in [9.17, 15) is 30.6 Å². The molecule has 1 aliphatic rings. The summed E-state index contributed by atoms with van der Waals surface area (Å²) in [4.78, 5) is 0. The highest BCUT2D eigenvalue weighted by atomic mass is 32.2. The van der Waals surface area contributed by atoms with Crippen molar-refractivity contribution in [1.29, 1.82) is 0 Å². The molecule has 0 spiro atoms. The van der Waals surface area contributed by atoms with Crippen LogP contribution in [0.15, 0.2) is 0 Å². The first kappa shape index (κ1) is 20.1. The van der Waals surface area contributed by atoms with Crippen molar-refractivity contribution in [2.45, 2.75) is 42.9 Å². The van der Waals surface area contributed by atoms with Gasteiger partial charge < -0.3 is 41.1 Å². The van der Waals surface area contributed by atoms with E-state index >= 15 is 0 Å². The molecule has 8 N–H and O–H groups in total. The van der Waals surface area contributed by atoms with Crippen molar-refractivity contribution in [1.82, 2.24) is 5.32 Å². The molecule has 22 heavy (non-hydrogen) atoms. The monoisotopic (exact) mass is 341 g/mol. The summed E-state index contributed by atoms with van der Waals surface area (Å²) in [6.07, 6.45) is -6.33. The molecule has 0 amide bonds. The van der Waals surface area contributed by atoms with E-state index in [4.69, 9.17) is 5.11 Å². The van der Waals surface area contributed by atoms with Gasteiger partial charge in [-0.2, -0.15) is 0 Å². The second kappa shape index (κ2) is 9.36. The molecule has 0 saturated carbocycles. The van der Waals surface area contributed by atoms with Crippen molar-refractivity contribution in [3.05, 3.63) is 0 Å². The molecule has 0 radical (unpaired) electrons. The summed E-state index contributed by atoms with van der Waals surface area (Å²) in [5.41, 5.74) is -1.36. The van der Waals surface area contributed by atoms with Crippen LogP contribution < -0.4 is 5.32 Å². The largest absolute Gasteiger partial charge is 0.396 e. The minimum Gasteiger partial charge on any atom is -0.396 e. The predicted molar refractivity (Wildman–Crippen MR) is 81.1 cm³/mol. The lowest BCUT2D eigenvalue weighted by Crippen LogP contribution is -2.51. The van der Waals surface area contributed by atoms with Gasteiger partial charge in [0.05, 0.1) is 18.3 Å². The van der Waals surface area contributed by atoms with Crippen molar-refractivity contribution in [2.75, 3.05) is 25.4 Å². The summed E-state index contributed by atoms with van der Waals surface area (Å²) in [6, 6.07) is 0. The summed E-state index contributed by atoms with van der Waals surface area (Å²) in [5.74, 6) is -0.669. The highest BCUT2D eigenvalue weighted by Gasteiger charge is 2.35. The minimum absolute atomic E-state index is 0.266. The Kier molecular flexibility index (Phi) is 8.54. The Hall–Kier alpha value is 0.0300. The summed E-state index contributed by atoms with van der Waals surface area (Å²) < 4.78 is 0. The quantitative estimate of drug-likeness (QED) is 0.212. The lowest BCUT2D eigenvalue weighted by atomic mass is 9.96. The fourth-order valence-corrected chi connectivity index (χ4v) is 3.38. The molecule has 0 aromatic heterocycles. The van der Waals surface area contributed by atoms with Gasteiger partial charge in [-0.1, -0.05) is 6.92 Å². The third kappa shape index (κ3) is 5.29. The zero-order valence-electron chi connectivity index (χ0n) is 12.5. The molecule has 8 nitrogen and oxygen atoms in total. The number of nitrogens with one attached hydrogen (secondary N) is 1. The van der Waals surface area contributed by atoms with Gasteiger partial charge in [0.1, 0.15) is 17.6 Å². The maximum atomic E-state index is 9.89. The zero-order chi connectivity index (χ0) is 16.9. The van der Waals surface area contributed by atoms with Crippen molar-refractivity contribution >= 4 is 11.8 Å². The number of hydrogen-bond acceptors (Lipinski definition) is 9. The summed E-state index contributed by atoms with van der Waals surface area (Å²) in [7, 11) is 0. The van der Waals surface area contributed by atoms with Crippen molar-refractivity contribution < 1.29 is 35.7 Å². The van der Waals surface area contributed by atoms with Gasteiger partial charge in [-0.3, -0.25) is 0 Å². The highest BCUT2D eigenvalue weighted by molar-refractivity contribution is 7.99. The number of aliphatic hydroxyl groups is 7. The Labute approximate surface area is 133 Å². The molecule has 8 unspecified atom stereocenters. The molecule has 1 rings (SSSR count). The Bertz CT molecular complexity index is 325. The van der Waals surface area contributed by atoms with Crippen molar-refractivity contribution in [3.8, 4) is 0 Å². The van der Waals surface area contributed by atoms with Crippen LogP contribution in [-0.2, 0) is 0 Å². The molecule has 1 saturated heterocycles. The average molecular weight is 341 g/mol. The first-order valence-corrected chi connectivity index (χ1v) is 8.36. The van der Waals surface area contributed by atoms with Crippen molar-refractivity contribution in [2.24, 2.45) is 11.8 Å². The molecule has 1 fully saturated rings. The second-order valence-electron chi connectivity index (χ2n) is 5.83. The van der Waals surface area contributed by atoms with Gasteiger partial charge in [0, 0.05) is 37.3 Å². The normalized spacial score (nSPS) is 33.0. The predicted octanol–water partition coefficient (Wildman–Crippen LogP) is -3.31. The SMILES string of the molecule is CC(CO)C(O)C(O)C(O)C(O)SCC1CNCC(O)C1O. The maximum Gasteiger partial charge on any atom is 0.128 e. The Balaban J connectivity index is 2.45. The molecular formula is C13H27NO7S. The van der Waals surface area contributed by atoms with E-state index in [2.05, 4.69) is 5.32 Å². The van der Waals surface area contributed by atoms with Gasteiger partial charge in [0.15, 0.2) is 0 Å². The fraction of sp³-hybridized carbons (Fsp3) is 1.00. The van der Waals surface area contributed by atoms with Crippen LogP contribution in [0.4, 0.5) is 0 Å². The number of hydrogen-bond donors (Lipinski definition) is 8. The zero-order valence-corrected chi connectivity index (χ0v) is 13.3. The lowest BCUT2D eigenvalue weighted by Gasteiger charge is -2.33. The molecule has 0 bridgehead atoms. The third-order valence-electron chi connectivity index (χ3n) is 3.98. The molecule has 132 valence electrons. The molecule has 0 aromatic carbocycles. The first-order chi connectivity index (χ1) is 10.3. The van der Waals surface area contributed by atoms with Gasteiger partial charge in [-0.15, -0.1) is 11.8 Å². The third-order valence-corrected chi connectivity index (χ3v) is 5.22. The van der Waals surface area contributed by atoms with Crippen LogP contribution in [0.5, 0.6) is 0 Å². The van der Waals surface area contributed by atoms with E-state index in [1.54, 1.807) is 0 Å². The molecule has 9 heteroatoms. The highest BCUT2D eigenvalue weighted by Crippen LogP contribution is 2.24. The molecule has 0 aromatic rings. The van der Waals surface area contributed by atoms with Crippen LogP contribution >= 0.6 is 11.8 Å². The molecule has 1 aliphatic heterocycles. The number of β-amino-alcohol motifs (C(OH)–C–C–N with tert-alkyl or cyclic N) is 1. The van der Waals surface area contributed by atoms with E-state index < -0.39 is 41.9 Å². The van der Waals surface area contributed by atoms with Gasteiger partial charge >= 0.3 is 0 Å². The number of thioether (sulfide) groups is 1. The van der Waals surface area contributed by atoms with Crippen LogP contribution in [0.3, 0.4) is 0 Å².